The molecule has 0 aliphatic heterocycles. The van der Waals surface area contributed by atoms with E-state index in [1.807, 2.05) is 41.0 Å². The number of benzene rings is 2. The Morgan fingerprint density at radius 2 is 1.76 bits per heavy atom. The van der Waals surface area contributed by atoms with Crippen molar-refractivity contribution in [2.45, 2.75) is 51.6 Å². The summed E-state index contributed by atoms with van der Waals surface area (Å²) < 4.78 is 8.27. The molecule has 180 valence electrons. The van der Waals surface area contributed by atoms with Crippen LogP contribution in [0.1, 0.15) is 55.4 Å². The van der Waals surface area contributed by atoms with E-state index in [2.05, 4.69) is 10.6 Å². The molecule has 0 bridgehead atoms. The first-order valence-electron chi connectivity index (χ1n) is 11.9. The fourth-order valence-corrected chi connectivity index (χ4v) is 4.66. The summed E-state index contributed by atoms with van der Waals surface area (Å²) in [6, 6.07) is 13.0. The van der Waals surface area contributed by atoms with E-state index in [0.29, 0.717) is 29.7 Å². The number of methoxy groups -OCH3 is 1. The molecule has 0 radical (unpaired) electrons. The molecule has 0 unspecified atom stereocenters. The minimum atomic E-state index is -0.296. The minimum Gasteiger partial charge on any atom is -0.383 e. The lowest BCUT2D eigenvalue weighted by Gasteiger charge is -2.26. The molecule has 2 N–H and O–H groups in total. The number of anilines is 2. The summed E-state index contributed by atoms with van der Waals surface area (Å²) in [5.41, 5.74) is 2.38. The van der Waals surface area contributed by atoms with Gasteiger partial charge in [0.1, 0.15) is 0 Å². The third-order valence-electron chi connectivity index (χ3n) is 6.48. The van der Waals surface area contributed by atoms with Gasteiger partial charge in [-0.1, -0.05) is 31.4 Å². The van der Waals surface area contributed by atoms with E-state index in [1.54, 1.807) is 20.1 Å². The Kier molecular flexibility index (Phi) is 7.47. The van der Waals surface area contributed by atoms with Gasteiger partial charge in [0.25, 0.3) is 5.56 Å². The molecule has 1 fully saturated rings. The highest BCUT2D eigenvalue weighted by Crippen LogP contribution is 2.29. The van der Waals surface area contributed by atoms with Crippen molar-refractivity contribution in [1.29, 1.82) is 0 Å². The van der Waals surface area contributed by atoms with Crippen LogP contribution >= 0.6 is 0 Å². The number of hydrogen-bond donors (Lipinski definition) is 2. The van der Waals surface area contributed by atoms with Gasteiger partial charge in [0, 0.05) is 30.1 Å². The van der Waals surface area contributed by atoms with E-state index in [4.69, 9.17) is 4.74 Å². The van der Waals surface area contributed by atoms with Gasteiger partial charge in [0.15, 0.2) is 5.78 Å². The number of rotatable bonds is 9. The smallest absolute Gasteiger partial charge is 0.331 e. The molecule has 1 aromatic heterocycles. The number of Topliss-reactive ketones (excluding diaryl/α,β-unsaturated/α-hetero) is 1. The van der Waals surface area contributed by atoms with Crippen LogP contribution in [0, 0.1) is 0 Å². The Morgan fingerprint density at radius 1 is 1.03 bits per heavy atom. The number of nitrogens with zero attached hydrogens (tertiary/aromatic N) is 2. The first kappa shape index (κ1) is 23.8. The SMILES string of the molecule is COCCn1c(=O)c2cc(NCNc3cccc(C(C)=O)c3)ccc2n(C2CCCCC2)c1=O. The van der Waals surface area contributed by atoms with Crippen LogP contribution in [-0.4, -0.2) is 35.3 Å². The van der Waals surface area contributed by atoms with E-state index in [9.17, 15) is 14.4 Å². The number of hydrogen-bond acceptors (Lipinski definition) is 6. The molecule has 8 nitrogen and oxygen atoms in total. The Balaban J connectivity index is 1.64. The van der Waals surface area contributed by atoms with E-state index in [1.165, 1.54) is 11.0 Å². The zero-order valence-corrected chi connectivity index (χ0v) is 19.8. The van der Waals surface area contributed by atoms with Gasteiger partial charge in [-0.25, -0.2) is 4.79 Å². The van der Waals surface area contributed by atoms with Crippen LogP contribution in [0.2, 0.25) is 0 Å². The second-order valence-electron chi connectivity index (χ2n) is 8.79. The van der Waals surface area contributed by atoms with Crippen molar-refractivity contribution >= 4 is 28.1 Å². The molecule has 34 heavy (non-hydrogen) atoms. The van der Waals surface area contributed by atoms with Crippen molar-refractivity contribution in [2.24, 2.45) is 0 Å². The molecule has 0 spiro atoms. The van der Waals surface area contributed by atoms with Crippen LogP contribution in [0.25, 0.3) is 10.9 Å². The Labute approximate surface area is 198 Å². The molecule has 1 heterocycles. The molecular weight excluding hydrogens is 432 g/mol. The summed E-state index contributed by atoms with van der Waals surface area (Å²) in [4.78, 5) is 38.2. The van der Waals surface area contributed by atoms with Crippen LogP contribution in [0.5, 0.6) is 0 Å². The van der Waals surface area contributed by atoms with Crippen molar-refractivity contribution in [3.63, 3.8) is 0 Å². The van der Waals surface area contributed by atoms with Gasteiger partial charge in [-0.15, -0.1) is 0 Å². The number of carbonyl (C=O) groups is 1. The van der Waals surface area contributed by atoms with E-state index < -0.39 is 0 Å². The van der Waals surface area contributed by atoms with E-state index >= 15 is 0 Å². The molecule has 1 aliphatic carbocycles. The maximum Gasteiger partial charge on any atom is 0.331 e. The lowest BCUT2D eigenvalue weighted by atomic mass is 9.95. The summed E-state index contributed by atoms with van der Waals surface area (Å²) in [7, 11) is 1.56. The van der Waals surface area contributed by atoms with E-state index in [-0.39, 0.29) is 29.6 Å². The Morgan fingerprint density at radius 3 is 2.47 bits per heavy atom. The largest absolute Gasteiger partial charge is 0.383 e. The predicted octanol–water partition coefficient (Wildman–Crippen LogP) is 4.00. The number of ether oxygens (including phenoxy) is 1. The quantitative estimate of drug-likeness (QED) is 0.367. The van der Waals surface area contributed by atoms with Gasteiger partial charge < -0.3 is 15.4 Å². The predicted molar refractivity (Wildman–Crippen MR) is 135 cm³/mol. The first-order valence-corrected chi connectivity index (χ1v) is 11.9. The van der Waals surface area contributed by atoms with Crippen LogP contribution in [0.4, 0.5) is 11.4 Å². The standard InChI is InChI=1S/C26H32N4O4/c1-18(31)19-7-6-8-20(15-19)27-17-28-21-11-12-24-23(16-21)25(32)29(13-14-34-2)26(33)30(24)22-9-4-3-5-10-22/h6-8,11-12,15-16,22,27-28H,3-5,9-10,13-14,17H2,1-2H3. The van der Waals surface area contributed by atoms with Crippen molar-refractivity contribution in [2.75, 3.05) is 31.0 Å². The highest BCUT2D eigenvalue weighted by atomic mass is 16.5. The van der Waals surface area contributed by atoms with Crippen molar-refractivity contribution in [3.8, 4) is 0 Å². The maximum absolute atomic E-state index is 13.3. The highest BCUT2D eigenvalue weighted by Gasteiger charge is 2.22. The Hall–Kier alpha value is -3.39. The first-order chi connectivity index (χ1) is 16.5. The fraction of sp³-hybridized carbons (Fsp3) is 0.423. The van der Waals surface area contributed by atoms with Gasteiger partial charge in [-0.05, 0) is 50.1 Å². The monoisotopic (exact) mass is 464 g/mol. The van der Waals surface area contributed by atoms with Crippen molar-refractivity contribution in [3.05, 3.63) is 68.9 Å². The molecule has 8 heteroatoms. The van der Waals surface area contributed by atoms with Gasteiger partial charge in [-0.2, -0.15) is 0 Å². The van der Waals surface area contributed by atoms with Crippen LogP contribution in [0.15, 0.2) is 52.1 Å². The summed E-state index contributed by atoms with van der Waals surface area (Å²) in [5.74, 6) is 0.0138. The van der Waals surface area contributed by atoms with Crippen molar-refractivity contribution in [1.82, 2.24) is 9.13 Å². The van der Waals surface area contributed by atoms with Crippen LogP contribution < -0.4 is 21.9 Å². The van der Waals surface area contributed by atoms with Gasteiger partial charge in [0.05, 0.1) is 30.7 Å². The fourth-order valence-electron chi connectivity index (χ4n) is 4.66. The van der Waals surface area contributed by atoms with Gasteiger partial charge in [-0.3, -0.25) is 18.7 Å². The molecule has 0 amide bonds. The average Bonchev–Trinajstić information content (AvgIpc) is 2.85. The second-order valence-corrected chi connectivity index (χ2v) is 8.79. The summed E-state index contributed by atoms with van der Waals surface area (Å²) in [6.07, 6.45) is 5.25. The highest BCUT2D eigenvalue weighted by molar-refractivity contribution is 5.94. The number of carbonyl (C=O) groups excluding carboxylic acids is 1. The van der Waals surface area contributed by atoms with Gasteiger partial charge >= 0.3 is 5.69 Å². The zero-order valence-electron chi connectivity index (χ0n) is 19.8. The summed E-state index contributed by atoms with van der Waals surface area (Å²) in [5, 5.41) is 7.04. The topological polar surface area (TPSA) is 94.4 Å². The normalized spacial score (nSPS) is 14.3. The molecule has 0 saturated heterocycles. The average molecular weight is 465 g/mol. The molecule has 1 aliphatic rings. The van der Waals surface area contributed by atoms with Crippen LogP contribution in [0.3, 0.4) is 0 Å². The summed E-state index contributed by atoms with van der Waals surface area (Å²) >= 11 is 0. The van der Waals surface area contributed by atoms with Crippen molar-refractivity contribution < 1.29 is 9.53 Å². The lowest BCUT2D eigenvalue weighted by molar-refractivity contribution is 0.101. The molecule has 3 aromatic rings. The number of fused-ring (bicyclic) bond motifs is 1. The molecular formula is C26H32N4O4. The molecule has 1 saturated carbocycles. The third-order valence-corrected chi connectivity index (χ3v) is 6.48. The number of aromatic nitrogens is 2. The molecule has 0 atom stereocenters. The second kappa shape index (κ2) is 10.7. The maximum atomic E-state index is 13.3. The minimum absolute atomic E-state index is 0.0138. The summed E-state index contributed by atoms with van der Waals surface area (Å²) in [6.45, 7) is 2.47. The lowest BCUT2D eigenvalue weighted by Crippen LogP contribution is -2.42. The van der Waals surface area contributed by atoms with Gasteiger partial charge in [0.2, 0.25) is 0 Å². The number of nitrogens with one attached hydrogen (secondary N) is 2. The Bertz CT molecular complexity index is 1290. The number of ketones is 1. The van der Waals surface area contributed by atoms with Crippen LogP contribution in [-0.2, 0) is 11.3 Å². The van der Waals surface area contributed by atoms with E-state index in [0.717, 1.165) is 37.1 Å². The third kappa shape index (κ3) is 5.07. The molecule has 4 rings (SSSR count). The molecule has 2 aromatic carbocycles. The zero-order chi connectivity index (χ0) is 24.1.